The van der Waals surface area contributed by atoms with Gasteiger partial charge in [0.2, 0.25) is 0 Å². The van der Waals surface area contributed by atoms with Gasteiger partial charge in [-0.25, -0.2) is 4.39 Å². The molecule has 0 aliphatic carbocycles. The quantitative estimate of drug-likeness (QED) is 0.796. The number of ether oxygens (including phenoxy) is 1. The van der Waals surface area contributed by atoms with E-state index < -0.39 is 0 Å². The van der Waals surface area contributed by atoms with Crippen LogP contribution in [0.3, 0.4) is 0 Å². The van der Waals surface area contributed by atoms with Gasteiger partial charge in [0, 0.05) is 18.6 Å². The molecule has 0 saturated carbocycles. The fraction of sp³-hybridized carbons (Fsp3) is 0.429. The van der Waals surface area contributed by atoms with Crippen molar-refractivity contribution in [1.29, 1.82) is 0 Å². The summed E-state index contributed by atoms with van der Waals surface area (Å²) in [6, 6.07) is 17.3. The van der Waals surface area contributed by atoms with E-state index in [1.807, 2.05) is 42.5 Å². The van der Waals surface area contributed by atoms with Crippen LogP contribution in [0.25, 0.3) is 0 Å². The average molecular weight is 342 g/mol. The van der Waals surface area contributed by atoms with Gasteiger partial charge < -0.3 is 10.5 Å². The van der Waals surface area contributed by atoms with Gasteiger partial charge in [-0.1, -0.05) is 36.4 Å². The van der Waals surface area contributed by atoms with Crippen molar-refractivity contribution in [2.24, 2.45) is 5.73 Å². The minimum absolute atomic E-state index is 0.0202. The third kappa shape index (κ3) is 5.28. The van der Waals surface area contributed by atoms with Gasteiger partial charge >= 0.3 is 0 Å². The number of hydrogen-bond acceptors (Lipinski definition) is 3. The van der Waals surface area contributed by atoms with E-state index in [0.29, 0.717) is 24.6 Å². The molecule has 0 unspecified atom stereocenters. The van der Waals surface area contributed by atoms with Crippen LogP contribution >= 0.6 is 0 Å². The molecule has 0 bridgehead atoms. The van der Waals surface area contributed by atoms with E-state index in [0.717, 1.165) is 31.7 Å². The predicted molar refractivity (Wildman–Crippen MR) is 99.2 cm³/mol. The zero-order valence-corrected chi connectivity index (χ0v) is 14.6. The minimum Gasteiger partial charge on any atom is -0.492 e. The number of para-hydroxylation sites is 1. The largest absolute Gasteiger partial charge is 0.492 e. The predicted octanol–water partition coefficient (Wildman–Crippen LogP) is 3.63. The van der Waals surface area contributed by atoms with E-state index in [4.69, 9.17) is 10.5 Å². The molecule has 2 N–H and O–H groups in total. The lowest BCUT2D eigenvalue weighted by molar-refractivity contribution is 0.168. The van der Waals surface area contributed by atoms with Crippen molar-refractivity contribution in [3.63, 3.8) is 0 Å². The summed E-state index contributed by atoms with van der Waals surface area (Å²) < 4.78 is 19.6. The third-order valence-electron chi connectivity index (χ3n) is 4.91. The third-order valence-corrected chi connectivity index (χ3v) is 4.91. The Kier molecular flexibility index (Phi) is 6.42. The Morgan fingerprint density at radius 3 is 2.68 bits per heavy atom. The van der Waals surface area contributed by atoms with Crippen LogP contribution in [0.5, 0.6) is 5.75 Å². The summed E-state index contributed by atoms with van der Waals surface area (Å²) in [5.41, 5.74) is 6.95. The first-order valence-electron chi connectivity index (χ1n) is 9.13. The maximum Gasteiger partial charge on any atom is 0.126 e. The van der Waals surface area contributed by atoms with Crippen LogP contribution in [0.15, 0.2) is 54.6 Å². The van der Waals surface area contributed by atoms with Gasteiger partial charge in [-0.2, -0.15) is 0 Å². The molecule has 0 amide bonds. The van der Waals surface area contributed by atoms with E-state index in [9.17, 15) is 4.39 Å². The summed E-state index contributed by atoms with van der Waals surface area (Å²) in [4.78, 5) is 2.46. The number of likely N-dealkylation sites (tertiary alicyclic amines) is 1. The molecule has 134 valence electrons. The summed E-state index contributed by atoms with van der Waals surface area (Å²) in [5, 5.41) is 0. The molecule has 3 rings (SSSR count). The topological polar surface area (TPSA) is 38.5 Å². The fourth-order valence-corrected chi connectivity index (χ4v) is 3.47. The summed E-state index contributed by atoms with van der Waals surface area (Å²) >= 11 is 0. The van der Waals surface area contributed by atoms with Crippen LogP contribution < -0.4 is 10.5 Å². The Balaban J connectivity index is 1.44. The monoisotopic (exact) mass is 342 g/mol. The summed E-state index contributed by atoms with van der Waals surface area (Å²) in [7, 11) is 0. The highest BCUT2D eigenvalue weighted by Crippen LogP contribution is 2.20. The van der Waals surface area contributed by atoms with Crippen molar-refractivity contribution >= 4 is 0 Å². The summed E-state index contributed by atoms with van der Waals surface area (Å²) in [6.45, 7) is 2.75. The molecule has 1 saturated heterocycles. The summed E-state index contributed by atoms with van der Waals surface area (Å²) in [5.74, 6) is 0.763. The van der Waals surface area contributed by atoms with Crippen LogP contribution in [0, 0.1) is 5.82 Å². The highest BCUT2D eigenvalue weighted by atomic mass is 19.1. The molecule has 1 heterocycles. The molecule has 1 fully saturated rings. The van der Waals surface area contributed by atoms with Crippen molar-refractivity contribution in [3.05, 3.63) is 66.0 Å². The maximum absolute atomic E-state index is 13.7. The summed E-state index contributed by atoms with van der Waals surface area (Å²) in [6.07, 6.45) is 3.82. The lowest BCUT2D eigenvalue weighted by Crippen LogP contribution is -2.37. The maximum atomic E-state index is 13.7. The molecule has 2 aromatic rings. The van der Waals surface area contributed by atoms with Gasteiger partial charge in [-0.15, -0.1) is 0 Å². The van der Waals surface area contributed by atoms with Gasteiger partial charge in [-0.3, -0.25) is 4.90 Å². The number of halogens is 1. The lowest BCUT2D eigenvalue weighted by atomic mass is 10.0. The Morgan fingerprint density at radius 2 is 1.88 bits per heavy atom. The lowest BCUT2D eigenvalue weighted by Gasteiger charge is -2.26. The van der Waals surface area contributed by atoms with Crippen molar-refractivity contribution in [3.8, 4) is 5.75 Å². The van der Waals surface area contributed by atoms with Gasteiger partial charge in [0.25, 0.3) is 0 Å². The number of rotatable bonds is 8. The second-order valence-corrected chi connectivity index (χ2v) is 6.80. The molecular formula is C21H27FN2O. The van der Waals surface area contributed by atoms with Crippen LogP contribution in [0.1, 0.15) is 24.8 Å². The molecule has 4 heteroatoms. The van der Waals surface area contributed by atoms with E-state index in [-0.39, 0.29) is 11.9 Å². The van der Waals surface area contributed by atoms with E-state index in [1.165, 1.54) is 12.5 Å². The van der Waals surface area contributed by atoms with E-state index in [2.05, 4.69) is 4.90 Å². The Hall–Kier alpha value is -1.91. The van der Waals surface area contributed by atoms with Crippen LogP contribution in [0.4, 0.5) is 4.39 Å². The first kappa shape index (κ1) is 17.9. The zero-order chi connectivity index (χ0) is 17.5. The first-order valence-corrected chi connectivity index (χ1v) is 9.13. The van der Waals surface area contributed by atoms with Crippen LogP contribution in [-0.2, 0) is 6.42 Å². The van der Waals surface area contributed by atoms with Crippen LogP contribution in [-0.4, -0.2) is 36.7 Å². The normalized spacial score (nSPS) is 19.0. The highest BCUT2D eigenvalue weighted by Gasteiger charge is 2.25. The standard InChI is InChI=1S/C21H27FN2O/c22-21-11-5-4-7-17(21)15-18(23)12-14-24-13-6-8-19(24)16-25-20-9-2-1-3-10-20/h1-5,7,9-11,18-19H,6,8,12-16,23H2/t18-,19-/m0/s1. The Bertz CT molecular complexity index is 649. The fourth-order valence-electron chi connectivity index (χ4n) is 3.47. The molecular weight excluding hydrogens is 315 g/mol. The first-order chi connectivity index (χ1) is 12.2. The number of nitrogens with zero attached hydrogens (tertiary/aromatic N) is 1. The van der Waals surface area contributed by atoms with E-state index >= 15 is 0 Å². The molecule has 0 spiro atoms. The Morgan fingerprint density at radius 1 is 1.12 bits per heavy atom. The van der Waals surface area contributed by atoms with Gasteiger partial charge in [-0.05, 0) is 56.0 Å². The molecule has 2 aromatic carbocycles. The van der Waals surface area contributed by atoms with E-state index in [1.54, 1.807) is 6.07 Å². The molecule has 3 nitrogen and oxygen atoms in total. The van der Waals surface area contributed by atoms with Gasteiger partial charge in [0.15, 0.2) is 0 Å². The van der Waals surface area contributed by atoms with Crippen molar-refractivity contribution in [2.45, 2.75) is 37.8 Å². The second kappa shape index (κ2) is 8.97. The molecule has 0 aromatic heterocycles. The smallest absolute Gasteiger partial charge is 0.126 e. The zero-order valence-electron chi connectivity index (χ0n) is 14.6. The van der Waals surface area contributed by atoms with Crippen molar-refractivity contribution in [2.75, 3.05) is 19.7 Å². The Labute approximate surface area is 149 Å². The number of hydrogen-bond donors (Lipinski definition) is 1. The second-order valence-electron chi connectivity index (χ2n) is 6.80. The molecule has 2 atom stereocenters. The van der Waals surface area contributed by atoms with Crippen molar-refractivity contribution in [1.82, 2.24) is 4.90 Å². The molecule has 1 aliphatic rings. The van der Waals surface area contributed by atoms with Gasteiger partial charge in [0.1, 0.15) is 18.2 Å². The minimum atomic E-state index is -0.159. The van der Waals surface area contributed by atoms with Crippen LogP contribution in [0.2, 0.25) is 0 Å². The van der Waals surface area contributed by atoms with Gasteiger partial charge in [0.05, 0.1) is 0 Å². The molecule has 1 aliphatic heterocycles. The number of nitrogens with two attached hydrogens (primary N) is 1. The number of benzene rings is 2. The molecule has 0 radical (unpaired) electrons. The molecule has 25 heavy (non-hydrogen) atoms. The average Bonchev–Trinajstić information content (AvgIpc) is 3.08. The SMILES string of the molecule is N[C@@H](CCN1CCC[C@H]1COc1ccccc1)Cc1ccccc1F. The van der Waals surface area contributed by atoms with Crippen molar-refractivity contribution < 1.29 is 9.13 Å². The highest BCUT2D eigenvalue weighted by molar-refractivity contribution is 5.21.